The summed E-state index contributed by atoms with van der Waals surface area (Å²) < 4.78 is 181. The Kier molecular flexibility index (Phi) is 20.2. The highest BCUT2D eigenvalue weighted by Gasteiger charge is 2.73. The summed E-state index contributed by atoms with van der Waals surface area (Å²) in [6.45, 7) is 7.71. The standard InChI is InChI=1S/C49H46F10O10/c1-3-41(60)66-25-11-7-5-9-23-64-35-18-13-31(14-19-35)15-22-43(62)68-44-37(50)27-33(28-38(44)51)47(48(54,55)56,49(57,58)59)34-29-39(52)45(40(53)30-34)69-46(63)32-16-20-36(21-17-32)65-24-10-6-8-12-26-67-42(61)4-2/h3-4,13-14,16-21,27-30H,1-2,5-12,15,22-26H2. The average molecular weight is 985 g/mol. The van der Waals surface area contributed by atoms with Crippen LogP contribution in [0, 0.1) is 23.3 Å². The largest absolute Gasteiger partial charge is 0.494 e. The molecule has 0 saturated carbocycles. The molecule has 0 bridgehead atoms. The number of unbranched alkanes of at least 4 members (excludes halogenated alkanes) is 6. The molecule has 0 aliphatic rings. The molecule has 0 amide bonds. The van der Waals surface area contributed by atoms with E-state index in [2.05, 4.69) is 22.6 Å². The third-order valence-electron chi connectivity index (χ3n) is 10.2. The smallest absolute Gasteiger partial charge is 0.411 e. The summed E-state index contributed by atoms with van der Waals surface area (Å²) in [5.74, 6) is -15.2. The van der Waals surface area contributed by atoms with Crippen molar-refractivity contribution >= 4 is 23.9 Å². The molecule has 4 rings (SSSR count). The number of benzene rings is 4. The molecule has 4 aromatic rings. The molecule has 0 saturated heterocycles. The van der Waals surface area contributed by atoms with E-state index >= 15 is 17.6 Å². The van der Waals surface area contributed by atoms with Crippen LogP contribution < -0.4 is 18.9 Å². The minimum atomic E-state index is -6.59. The van der Waals surface area contributed by atoms with Crippen molar-refractivity contribution in [3.63, 3.8) is 0 Å². The molecule has 0 fully saturated rings. The molecule has 372 valence electrons. The van der Waals surface area contributed by atoms with Crippen LogP contribution in [0.25, 0.3) is 0 Å². The van der Waals surface area contributed by atoms with Gasteiger partial charge in [0.25, 0.3) is 0 Å². The Bertz CT molecular complexity index is 2340. The Morgan fingerprint density at radius 1 is 0.507 bits per heavy atom. The number of esters is 4. The number of aryl methyl sites for hydroxylation is 1. The van der Waals surface area contributed by atoms with E-state index in [-0.39, 0.29) is 37.6 Å². The lowest BCUT2D eigenvalue weighted by molar-refractivity contribution is -0.288. The Labute approximate surface area is 389 Å². The molecule has 0 spiro atoms. The molecule has 0 heterocycles. The molecule has 0 aliphatic heterocycles. The van der Waals surface area contributed by atoms with Gasteiger partial charge in [0, 0.05) is 18.6 Å². The maximum atomic E-state index is 15.4. The summed E-state index contributed by atoms with van der Waals surface area (Å²) in [6, 6.07) is 9.38. The lowest BCUT2D eigenvalue weighted by Gasteiger charge is -2.38. The van der Waals surface area contributed by atoms with Crippen molar-refractivity contribution < 1.29 is 91.5 Å². The van der Waals surface area contributed by atoms with Crippen molar-refractivity contribution in [1.29, 1.82) is 0 Å². The molecule has 0 radical (unpaired) electrons. The van der Waals surface area contributed by atoms with Crippen LogP contribution in [0.4, 0.5) is 43.9 Å². The number of halogens is 10. The number of hydrogen-bond acceptors (Lipinski definition) is 10. The van der Waals surface area contributed by atoms with Gasteiger partial charge in [-0.15, -0.1) is 0 Å². The summed E-state index contributed by atoms with van der Waals surface area (Å²) in [4.78, 5) is 47.4. The minimum absolute atomic E-state index is 0.0755. The molecule has 0 aliphatic carbocycles. The van der Waals surface area contributed by atoms with E-state index in [1.807, 2.05) is 0 Å². The molecule has 0 N–H and O–H groups in total. The van der Waals surface area contributed by atoms with E-state index in [9.17, 15) is 45.5 Å². The van der Waals surface area contributed by atoms with Crippen molar-refractivity contribution in [3.8, 4) is 23.0 Å². The maximum absolute atomic E-state index is 15.4. The highest BCUT2D eigenvalue weighted by atomic mass is 19.4. The van der Waals surface area contributed by atoms with Crippen LogP contribution in [0.3, 0.4) is 0 Å². The fraction of sp³-hybridized carbons (Fsp3) is 0.347. The van der Waals surface area contributed by atoms with Crippen LogP contribution in [0.15, 0.2) is 98.1 Å². The maximum Gasteiger partial charge on any atom is 0.411 e. The molecule has 4 aromatic carbocycles. The number of ether oxygens (including phenoxy) is 6. The third kappa shape index (κ3) is 15.3. The SMILES string of the molecule is C=CC(=O)OCCCCCCOc1ccc(CCC(=O)Oc2c(F)cc(C(c3cc(F)c(OC(=O)c4ccc(OCCCCCCOC(=O)C=C)cc4)c(F)c3)(C(F)(F)F)C(F)(F)F)cc2F)cc1. The van der Waals surface area contributed by atoms with Crippen LogP contribution >= 0.6 is 0 Å². The molecular weight excluding hydrogens is 939 g/mol. The van der Waals surface area contributed by atoms with Gasteiger partial charge >= 0.3 is 36.2 Å². The Hall–Kier alpha value is -6.86. The molecule has 0 unspecified atom stereocenters. The highest BCUT2D eigenvalue weighted by molar-refractivity contribution is 5.91. The van der Waals surface area contributed by atoms with Gasteiger partial charge in [-0.1, -0.05) is 25.3 Å². The van der Waals surface area contributed by atoms with Crippen LogP contribution in [0.1, 0.15) is 84.8 Å². The summed E-state index contributed by atoms with van der Waals surface area (Å²) in [6.07, 6.45) is -6.05. The van der Waals surface area contributed by atoms with E-state index in [0.717, 1.165) is 50.0 Å². The van der Waals surface area contributed by atoms with Crippen LogP contribution in [-0.2, 0) is 35.7 Å². The fourth-order valence-corrected chi connectivity index (χ4v) is 6.69. The van der Waals surface area contributed by atoms with Crippen LogP contribution in [-0.4, -0.2) is 62.7 Å². The zero-order chi connectivity index (χ0) is 50.8. The van der Waals surface area contributed by atoms with Crippen molar-refractivity contribution in [2.24, 2.45) is 0 Å². The van der Waals surface area contributed by atoms with Crippen LogP contribution in [0.5, 0.6) is 23.0 Å². The first-order valence-electron chi connectivity index (χ1n) is 21.3. The Morgan fingerprint density at radius 3 is 1.28 bits per heavy atom. The first-order chi connectivity index (χ1) is 32.7. The number of rotatable bonds is 26. The number of hydrogen-bond donors (Lipinski definition) is 0. The van der Waals surface area contributed by atoms with Gasteiger partial charge in [-0.2, -0.15) is 26.3 Å². The minimum Gasteiger partial charge on any atom is -0.494 e. The monoisotopic (exact) mass is 984 g/mol. The predicted molar refractivity (Wildman–Crippen MR) is 228 cm³/mol. The van der Waals surface area contributed by atoms with Crippen molar-refractivity contribution in [2.75, 3.05) is 26.4 Å². The van der Waals surface area contributed by atoms with Gasteiger partial charge in [-0.25, -0.2) is 31.9 Å². The van der Waals surface area contributed by atoms with Crippen molar-refractivity contribution in [1.82, 2.24) is 0 Å². The molecule has 0 atom stereocenters. The highest BCUT2D eigenvalue weighted by Crippen LogP contribution is 2.57. The third-order valence-corrected chi connectivity index (χ3v) is 10.2. The molecule has 69 heavy (non-hydrogen) atoms. The van der Waals surface area contributed by atoms with Gasteiger partial charge < -0.3 is 28.4 Å². The second-order valence-corrected chi connectivity index (χ2v) is 15.1. The zero-order valence-electron chi connectivity index (χ0n) is 36.8. The first-order valence-corrected chi connectivity index (χ1v) is 21.3. The number of carbonyl (C=O) groups excluding carboxylic acids is 4. The fourth-order valence-electron chi connectivity index (χ4n) is 6.69. The predicted octanol–water partition coefficient (Wildman–Crippen LogP) is 11.7. The molecular formula is C49H46F10O10. The molecule has 10 nitrogen and oxygen atoms in total. The summed E-state index contributed by atoms with van der Waals surface area (Å²) in [5, 5.41) is 0. The lowest BCUT2D eigenvalue weighted by Crippen LogP contribution is -2.55. The Morgan fingerprint density at radius 2 is 0.884 bits per heavy atom. The van der Waals surface area contributed by atoms with Gasteiger partial charge in [-0.05, 0) is 135 Å². The quantitative estimate of drug-likeness (QED) is 0.0197. The van der Waals surface area contributed by atoms with Crippen LogP contribution in [0.2, 0.25) is 0 Å². The zero-order valence-corrected chi connectivity index (χ0v) is 36.8. The van der Waals surface area contributed by atoms with E-state index < -0.39 is 118 Å². The second-order valence-electron chi connectivity index (χ2n) is 15.1. The van der Waals surface area contributed by atoms with Gasteiger partial charge in [0.2, 0.25) is 16.9 Å². The van der Waals surface area contributed by atoms with E-state index in [1.165, 1.54) is 12.1 Å². The Balaban J connectivity index is 1.40. The van der Waals surface area contributed by atoms with Gasteiger partial charge in [0.05, 0.1) is 32.0 Å². The normalized spacial score (nSPS) is 11.6. The summed E-state index contributed by atoms with van der Waals surface area (Å²) in [7, 11) is 0. The van der Waals surface area contributed by atoms with E-state index in [0.29, 0.717) is 43.6 Å². The lowest BCUT2D eigenvalue weighted by atomic mass is 9.72. The first kappa shape index (κ1) is 54.7. The van der Waals surface area contributed by atoms with Gasteiger partial charge in [0.1, 0.15) is 11.5 Å². The number of alkyl halides is 6. The average Bonchev–Trinajstić information content (AvgIpc) is 3.29. The van der Waals surface area contributed by atoms with E-state index in [1.54, 1.807) is 24.3 Å². The molecule has 0 aromatic heterocycles. The number of carbonyl (C=O) groups is 4. The molecule has 20 heteroatoms. The van der Waals surface area contributed by atoms with Crippen molar-refractivity contribution in [2.45, 2.75) is 82.0 Å². The van der Waals surface area contributed by atoms with Gasteiger partial charge in [0.15, 0.2) is 23.3 Å². The summed E-state index contributed by atoms with van der Waals surface area (Å²) in [5.41, 5.74) is -9.77. The van der Waals surface area contributed by atoms with Gasteiger partial charge in [-0.3, -0.25) is 4.79 Å². The topological polar surface area (TPSA) is 124 Å². The summed E-state index contributed by atoms with van der Waals surface area (Å²) >= 11 is 0. The second kappa shape index (κ2) is 25.5. The van der Waals surface area contributed by atoms with E-state index in [4.69, 9.17) is 18.9 Å². The van der Waals surface area contributed by atoms with Crippen molar-refractivity contribution in [3.05, 3.63) is 144 Å².